The van der Waals surface area contributed by atoms with Crippen molar-refractivity contribution in [3.63, 3.8) is 0 Å². The number of pyridine rings is 1. The molecule has 0 saturated carbocycles. The maximum Gasteiger partial charge on any atom is 0.258 e. The molecule has 0 radical (unpaired) electrons. The summed E-state index contributed by atoms with van der Waals surface area (Å²) in [5.74, 6) is 1.66. The van der Waals surface area contributed by atoms with Gasteiger partial charge in [-0.15, -0.1) is 0 Å². The molecule has 0 amide bonds. The number of nitrogens with one attached hydrogen (secondary N) is 1. The number of aromatic nitrogens is 3. The van der Waals surface area contributed by atoms with Crippen LogP contribution in [0, 0.1) is 6.92 Å². The Morgan fingerprint density at radius 1 is 1.03 bits per heavy atom. The second-order valence-electron chi connectivity index (χ2n) is 7.48. The first-order valence-corrected chi connectivity index (χ1v) is 10.5. The number of nitrogens with zero attached hydrogens (tertiary/aromatic N) is 3. The van der Waals surface area contributed by atoms with Crippen LogP contribution in [0.1, 0.15) is 17.5 Å². The van der Waals surface area contributed by atoms with E-state index in [0.717, 1.165) is 28.1 Å². The van der Waals surface area contributed by atoms with Gasteiger partial charge in [0.2, 0.25) is 5.82 Å². The first-order chi connectivity index (χ1) is 15.7. The summed E-state index contributed by atoms with van der Waals surface area (Å²) in [6, 6.07) is 18.1. The molecule has 7 heteroatoms. The van der Waals surface area contributed by atoms with Crippen LogP contribution in [0.5, 0.6) is 0 Å². The summed E-state index contributed by atoms with van der Waals surface area (Å²) in [6.07, 6.45) is 2.37. The van der Waals surface area contributed by atoms with E-state index in [-0.39, 0.29) is 6.61 Å². The quantitative estimate of drug-likeness (QED) is 0.371. The highest BCUT2D eigenvalue weighted by Gasteiger charge is 2.15. The molecular formula is C25H26N4O3. The van der Waals surface area contributed by atoms with Crippen molar-refractivity contribution in [2.45, 2.75) is 20.0 Å². The van der Waals surface area contributed by atoms with Gasteiger partial charge in [-0.2, -0.15) is 4.98 Å². The molecule has 0 unspecified atom stereocenters. The second kappa shape index (κ2) is 10.2. The summed E-state index contributed by atoms with van der Waals surface area (Å²) in [4.78, 5) is 8.93. The van der Waals surface area contributed by atoms with E-state index in [0.29, 0.717) is 31.3 Å². The summed E-state index contributed by atoms with van der Waals surface area (Å²) in [5, 5.41) is 16.1. The SMILES string of the molecule is COCc1cc(-c2nc(-c3ccc(NCCCO)nc3)no2)ccc1-c1ccccc1C. The Balaban J connectivity index is 1.58. The van der Waals surface area contributed by atoms with Gasteiger partial charge in [-0.05, 0) is 59.9 Å². The summed E-state index contributed by atoms with van der Waals surface area (Å²) in [6.45, 7) is 3.39. The molecule has 0 bridgehead atoms. The normalized spacial score (nSPS) is 11.0. The van der Waals surface area contributed by atoms with Gasteiger partial charge in [0.1, 0.15) is 5.82 Å². The highest BCUT2D eigenvalue weighted by molar-refractivity contribution is 5.74. The van der Waals surface area contributed by atoms with Gasteiger partial charge in [0.15, 0.2) is 0 Å². The molecule has 7 nitrogen and oxygen atoms in total. The van der Waals surface area contributed by atoms with E-state index in [1.165, 1.54) is 11.1 Å². The number of methoxy groups -OCH3 is 1. The summed E-state index contributed by atoms with van der Waals surface area (Å²) >= 11 is 0. The third kappa shape index (κ3) is 4.85. The molecular weight excluding hydrogens is 404 g/mol. The van der Waals surface area contributed by atoms with Crippen LogP contribution in [0.3, 0.4) is 0 Å². The molecule has 0 aliphatic heterocycles. The predicted molar refractivity (Wildman–Crippen MR) is 124 cm³/mol. The molecule has 4 aromatic rings. The Kier molecular flexibility index (Phi) is 6.89. The number of aliphatic hydroxyl groups is 1. The minimum atomic E-state index is 0.148. The molecule has 2 aromatic heterocycles. The van der Waals surface area contributed by atoms with Gasteiger partial charge in [0, 0.05) is 37.6 Å². The zero-order valence-corrected chi connectivity index (χ0v) is 18.2. The third-order valence-electron chi connectivity index (χ3n) is 5.18. The maximum atomic E-state index is 8.87. The van der Waals surface area contributed by atoms with Crippen LogP contribution >= 0.6 is 0 Å². The minimum Gasteiger partial charge on any atom is -0.396 e. The monoisotopic (exact) mass is 430 g/mol. The van der Waals surface area contributed by atoms with E-state index < -0.39 is 0 Å². The number of hydrogen-bond donors (Lipinski definition) is 2. The van der Waals surface area contributed by atoms with Crippen molar-refractivity contribution in [1.29, 1.82) is 0 Å². The molecule has 164 valence electrons. The van der Waals surface area contributed by atoms with E-state index in [2.05, 4.69) is 45.6 Å². The van der Waals surface area contributed by atoms with E-state index in [9.17, 15) is 0 Å². The van der Waals surface area contributed by atoms with E-state index >= 15 is 0 Å². The second-order valence-corrected chi connectivity index (χ2v) is 7.48. The van der Waals surface area contributed by atoms with Gasteiger partial charge in [-0.3, -0.25) is 0 Å². The fraction of sp³-hybridized carbons (Fsp3) is 0.240. The molecule has 0 saturated heterocycles. The minimum absolute atomic E-state index is 0.148. The van der Waals surface area contributed by atoms with Crippen molar-refractivity contribution in [3.05, 3.63) is 71.9 Å². The average Bonchev–Trinajstić information content (AvgIpc) is 3.31. The number of ether oxygens (including phenoxy) is 1. The zero-order chi connectivity index (χ0) is 22.3. The van der Waals surface area contributed by atoms with Crippen molar-refractivity contribution in [1.82, 2.24) is 15.1 Å². The van der Waals surface area contributed by atoms with Gasteiger partial charge in [-0.25, -0.2) is 4.98 Å². The van der Waals surface area contributed by atoms with Crippen LogP contribution in [0.25, 0.3) is 34.0 Å². The highest BCUT2D eigenvalue weighted by atomic mass is 16.5. The Morgan fingerprint density at radius 3 is 2.62 bits per heavy atom. The standard InChI is InChI=1S/C25H26N4O3/c1-17-6-3-4-7-21(17)22-10-8-18(14-20(22)16-31-2)25-28-24(29-32-25)19-9-11-23(27-15-19)26-12-5-13-30/h3-4,6-11,14-15,30H,5,12-13,16H2,1-2H3,(H,26,27). The van der Waals surface area contributed by atoms with Crippen LogP contribution < -0.4 is 5.32 Å². The van der Waals surface area contributed by atoms with Crippen LogP contribution in [0.2, 0.25) is 0 Å². The number of aryl methyl sites for hydroxylation is 1. The largest absolute Gasteiger partial charge is 0.396 e. The molecule has 0 atom stereocenters. The van der Waals surface area contributed by atoms with E-state index in [4.69, 9.17) is 14.4 Å². The lowest BCUT2D eigenvalue weighted by Crippen LogP contribution is -2.04. The topological polar surface area (TPSA) is 93.3 Å². The van der Waals surface area contributed by atoms with Crippen molar-refractivity contribution in [2.24, 2.45) is 0 Å². The highest BCUT2D eigenvalue weighted by Crippen LogP contribution is 2.31. The van der Waals surface area contributed by atoms with Crippen LogP contribution in [0.4, 0.5) is 5.82 Å². The number of aliphatic hydroxyl groups excluding tert-OH is 1. The van der Waals surface area contributed by atoms with Crippen molar-refractivity contribution in [3.8, 4) is 34.0 Å². The Labute approximate surface area is 187 Å². The predicted octanol–water partition coefficient (Wildman–Crippen LogP) is 4.71. The van der Waals surface area contributed by atoms with Crippen LogP contribution in [-0.2, 0) is 11.3 Å². The Bertz CT molecular complexity index is 1170. The maximum absolute atomic E-state index is 8.87. The van der Waals surface area contributed by atoms with Crippen LogP contribution in [0.15, 0.2) is 65.3 Å². The van der Waals surface area contributed by atoms with E-state index in [1.54, 1.807) is 13.3 Å². The molecule has 2 aromatic carbocycles. The zero-order valence-electron chi connectivity index (χ0n) is 18.2. The van der Waals surface area contributed by atoms with Gasteiger partial charge >= 0.3 is 0 Å². The summed E-state index contributed by atoms with van der Waals surface area (Å²) < 4.78 is 11.0. The van der Waals surface area contributed by atoms with Crippen LogP contribution in [-0.4, -0.2) is 40.5 Å². The van der Waals surface area contributed by atoms with Gasteiger partial charge < -0.3 is 19.7 Å². The Hall–Kier alpha value is -3.55. The molecule has 32 heavy (non-hydrogen) atoms. The number of anilines is 1. The number of benzene rings is 2. The fourth-order valence-corrected chi connectivity index (χ4v) is 3.52. The first-order valence-electron chi connectivity index (χ1n) is 10.5. The fourth-order valence-electron chi connectivity index (χ4n) is 3.52. The summed E-state index contributed by atoms with van der Waals surface area (Å²) in [7, 11) is 1.69. The smallest absolute Gasteiger partial charge is 0.258 e. The number of hydrogen-bond acceptors (Lipinski definition) is 7. The van der Waals surface area contributed by atoms with Crippen molar-refractivity contribution < 1.29 is 14.4 Å². The lowest BCUT2D eigenvalue weighted by Gasteiger charge is -2.12. The Morgan fingerprint density at radius 2 is 1.88 bits per heavy atom. The molecule has 0 fully saturated rings. The number of rotatable bonds is 9. The molecule has 0 spiro atoms. The lowest BCUT2D eigenvalue weighted by atomic mass is 9.94. The third-order valence-corrected chi connectivity index (χ3v) is 5.18. The molecule has 4 rings (SSSR count). The van der Waals surface area contributed by atoms with Crippen molar-refractivity contribution >= 4 is 5.82 Å². The van der Waals surface area contributed by atoms with Gasteiger partial charge in [-0.1, -0.05) is 35.5 Å². The van der Waals surface area contributed by atoms with Gasteiger partial charge in [0.05, 0.1) is 6.61 Å². The summed E-state index contributed by atoms with van der Waals surface area (Å²) in [5.41, 5.74) is 6.17. The first kappa shape index (κ1) is 21.7. The molecule has 2 heterocycles. The molecule has 0 aliphatic rings. The van der Waals surface area contributed by atoms with Crippen molar-refractivity contribution in [2.75, 3.05) is 25.6 Å². The van der Waals surface area contributed by atoms with Gasteiger partial charge in [0.25, 0.3) is 5.89 Å². The average molecular weight is 431 g/mol. The molecule has 2 N–H and O–H groups in total. The van der Waals surface area contributed by atoms with E-state index in [1.807, 2.05) is 36.4 Å². The molecule has 0 aliphatic carbocycles. The lowest BCUT2D eigenvalue weighted by molar-refractivity contribution is 0.185.